The van der Waals surface area contributed by atoms with Crippen molar-refractivity contribution < 1.29 is 4.79 Å². The standard InChI is InChI=1S/C14H8ClIN2O/c15-11-3-1-2-10-12(11)18-14(19)13(10)17-9-6-4-8(16)5-7-9/h1-7H,(H,17,18,19). The summed E-state index contributed by atoms with van der Waals surface area (Å²) in [4.78, 5) is 16.4. The zero-order valence-electron chi connectivity index (χ0n) is 9.65. The van der Waals surface area contributed by atoms with Gasteiger partial charge < -0.3 is 5.32 Å². The fraction of sp³-hybridized carbons (Fsp3) is 0. The van der Waals surface area contributed by atoms with Crippen molar-refractivity contribution in [2.24, 2.45) is 4.99 Å². The summed E-state index contributed by atoms with van der Waals surface area (Å²) in [5.74, 6) is -0.221. The number of nitrogens with zero attached hydrogens (tertiary/aromatic N) is 1. The Bertz CT molecular complexity index is 695. The topological polar surface area (TPSA) is 41.5 Å². The minimum absolute atomic E-state index is 0.221. The molecule has 0 fully saturated rings. The summed E-state index contributed by atoms with van der Waals surface area (Å²) in [5, 5.41) is 3.27. The van der Waals surface area contributed by atoms with Crippen molar-refractivity contribution in [1.82, 2.24) is 0 Å². The number of hydrogen-bond acceptors (Lipinski definition) is 2. The maximum atomic E-state index is 12.0. The first kappa shape index (κ1) is 12.6. The minimum atomic E-state index is -0.221. The number of hydrogen-bond donors (Lipinski definition) is 1. The van der Waals surface area contributed by atoms with E-state index in [2.05, 4.69) is 32.9 Å². The number of halogens is 2. The maximum absolute atomic E-state index is 12.0. The van der Waals surface area contributed by atoms with Gasteiger partial charge in [0.05, 0.1) is 16.4 Å². The van der Waals surface area contributed by atoms with Crippen molar-refractivity contribution in [3.05, 3.63) is 56.6 Å². The first-order chi connectivity index (χ1) is 9.15. The van der Waals surface area contributed by atoms with Crippen LogP contribution in [0.25, 0.3) is 0 Å². The number of fused-ring (bicyclic) bond motifs is 1. The molecule has 19 heavy (non-hydrogen) atoms. The molecule has 0 spiro atoms. The van der Waals surface area contributed by atoms with E-state index in [1.54, 1.807) is 6.07 Å². The molecule has 1 heterocycles. The molecule has 1 aliphatic heterocycles. The Morgan fingerprint density at radius 1 is 1.11 bits per heavy atom. The number of carbonyl (C=O) groups is 1. The van der Waals surface area contributed by atoms with Crippen molar-refractivity contribution in [3.63, 3.8) is 0 Å². The first-order valence-electron chi connectivity index (χ1n) is 5.59. The van der Waals surface area contributed by atoms with Gasteiger partial charge in [-0.25, -0.2) is 4.99 Å². The first-order valence-corrected chi connectivity index (χ1v) is 7.05. The Morgan fingerprint density at radius 2 is 1.84 bits per heavy atom. The van der Waals surface area contributed by atoms with Crippen LogP contribution in [0.5, 0.6) is 0 Å². The lowest BCUT2D eigenvalue weighted by Gasteiger charge is -1.99. The molecule has 2 aromatic rings. The summed E-state index contributed by atoms with van der Waals surface area (Å²) in [6.45, 7) is 0. The summed E-state index contributed by atoms with van der Waals surface area (Å²) in [7, 11) is 0. The molecule has 0 unspecified atom stereocenters. The molecule has 0 radical (unpaired) electrons. The lowest BCUT2D eigenvalue weighted by Crippen LogP contribution is -2.13. The summed E-state index contributed by atoms with van der Waals surface area (Å²) in [6.07, 6.45) is 0. The number of para-hydroxylation sites is 1. The van der Waals surface area contributed by atoms with E-state index in [1.165, 1.54) is 0 Å². The highest BCUT2D eigenvalue weighted by atomic mass is 127. The van der Waals surface area contributed by atoms with Crippen LogP contribution in [0.15, 0.2) is 47.5 Å². The van der Waals surface area contributed by atoms with Crippen molar-refractivity contribution >= 4 is 57.2 Å². The molecule has 0 saturated carbocycles. The van der Waals surface area contributed by atoms with Crippen LogP contribution in [0.2, 0.25) is 5.02 Å². The molecule has 3 rings (SSSR count). The van der Waals surface area contributed by atoms with Gasteiger partial charge >= 0.3 is 0 Å². The predicted octanol–water partition coefficient (Wildman–Crippen LogP) is 4.02. The van der Waals surface area contributed by atoms with E-state index < -0.39 is 0 Å². The zero-order valence-corrected chi connectivity index (χ0v) is 12.6. The quantitative estimate of drug-likeness (QED) is 0.744. The Hall–Kier alpha value is -1.40. The molecule has 94 valence electrons. The van der Waals surface area contributed by atoms with Gasteiger partial charge in [0.15, 0.2) is 0 Å². The van der Waals surface area contributed by atoms with Crippen LogP contribution >= 0.6 is 34.2 Å². The molecule has 0 aliphatic carbocycles. The summed E-state index contributed by atoms with van der Waals surface area (Å²) >= 11 is 8.28. The van der Waals surface area contributed by atoms with E-state index in [0.29, 0.717) is 16.4 Å². The molecule has 0 bridgehead atoms. The largest absolute Gasteiger partial charge is 0.319 e. The van der Waals surface area contributed by atoms with Gasteiger partial charge in [0.1, 0.15) is 5.71 Å². The van der Waals surface area contributed by atoms with Gasteiger partial charge in [0, 0.05) is 9.13 Å². The van der Waals surface area contributed by atoms with Crippen molar-refractivity contribution in [2.75, 3.05) is 5.32 Å². The monoisotopic (exact) mass is 382 g/mol. The molecule has 1 N–H and O–H groups in total. The Kier molecular flexibility index (Phi) is 3.28. The third kappa shape index (κ3) is 2.37. The van der Waals surface area contributed by atoms with Gasteiger partial charge in [0.25, 0.3) is 5.91 Å². The maximum Gasteiger partial charge on any atom is 0.275 e. The molecule has 0 atom stereocenters. The molecular formula is C14H8ClIN2O. The highest BCUT2D eigenvalue weighted by Crippen LogP contribution is 2.32. The number of aliphatic imine (C=N–C) groups is 1. The molecule has 0 saturated heterocycles. The fourth-order valence-electron chi connectivity index (χ4n) is 1.90. The third-order valence-corrected chi connectivity index (χ3v) is 3.82. The highest BCUT2D eigenvalue weighted by molar-refractivity contribution is 14.1. The van der Waals surface area contributed by atoms with E-state index >= 15 is 0 Å². The van der Waals surface area contributed by atoms with Crippen LogP contribution in [0.4, 0.5) is 11.4 Å². The lowest BCUT2D eigenvalue weighted by molar-refractivity contribution is -0.110. The van der Waals surface area contributed by atoms with Crippen molar-refractivity contribution in [1.29, 1.82) is 0 Å². The minimum Gasteiger partial charge on any atom is -0.319 e. The molecule has 1 aliphatic rings. The van der Waals surface area contributed by atoms with E-state index in [4.69, 9.17) is 11.6 Å². The van der Waals surface area contributed by atoms with Gasteiger partial charge in [-0.15, -0.1) is 0 Å². The fourth-order valence-corrected chi connectivity index (χ4v) is 2.48. The number of amides is 1. The number of carbonyl (C=O) groups excluding carboxylic acids is 1. The van der Waals surface area contributed by atoms with Gasteiger partial charge in [-0.2, -0.15) is 0 Å². The lowest BCUT2D eigenvalue weighted by atomic mass is 10.1. The Morgan fingerprint density at radius 3 is 2.58 bits per heavy atom. The van der Waals surface area contributed by atoms with E-state index in [0.717, 1.165) is 14.8 Å². The Balaban J connectivity index is 2.09. The van der Waals surface area contributed by atoms with Gasteiger partial charge in [-0.3, -0.25) is 4.79 Å². The van der Waals surface area contributed by atoms with Crippen molar-refractivity contribution in [3.8, 4) is 0 Å². The number of anilines is 1. The van der Waals surface area contributed by atoms with Gasteiger partial charge in [-0.1, -0.05) is 23.7 Å². The normalized spacial score (nSPS) is 15.5. The number of nitrogens with one attached hydrogen (secondary N) is 1. The molecule has 1 amide bonds. The second kappa shape index (κ2) is 4.94. The second-order valence-corrected chi connectivity index (χ2v) is 5.71. The summed E-state index contributed by atoms with van der Waals surface area (Å²) < 4.78 is 1.13. The molecular weight excluding hydrogens is 375 g/mol. The van der Waals surface area contributed by atoms with Crippen molar-refractivity contribution in [2.45, 2.75) is 0 Å². The average molecular weight is 383 g/mol. The smallest absolute Gasteiger partial charge is 0.275 e. The van der Waals surface area contributed by atoms with E-state index in [1.807, 2.05) is 36.4 Å². The Labute approximate surface area is 128 Å². The summed E-state index contributed by atoms with van der Waals surface area (Å²) in [5.41, 5.74) is 2.53. The predicted molar refractivity (Wildman–Crippen MR) is 85.4 cm³/mol. The second-order valence-electron chi connectivity index (χ2n) is 4.05. The van der Waals surface area contributed by atoms with Gasteiger partial charge in [-0.05, 0) is 52.9 Å². The van der Waals surface area contributed by atoms with E-state index in [9.17, 15) is 4.79 Å². The van der Waals surface area contributed by atoms with Gasteiger partial charge in [0.2, 0.25) is 0 Å². The number of rotatable bonds is 1. The van der Waals surface area contributed by atoms with E-state index in [-0.39, 0.29) is 5.91 Å². The molecule has 3 nitrogen and oxygen atoms in total. The van der Waals surface area contributed by atoms with Crippen LogP contribution in [-0.4, -0.2) is 11.6 Å². The van der Waals surface area contributed by atoms with Crippen LogP contribution in [0.3, 0.4) is 0 Å². The summed E-state index contributed by atoms with van der Waals surface area (Å²) in [6, 6.07) is 13.1. The number of benzene rings is 2. The molecule has 2 aromatic carbocycles. The third-order valence-electron chi connectivity index (χ3n) is 2.79. The zero-order chi connectivity index (χ0) is 13.4. The molecule has 5 heteroatoms. The van der Waals surface area contributed by atoms with Crippen LogP contribution in [-0.2, 0) is 4.79 Å². The highest BCUT2D eigenvalue weighted by Gasteiger charge is 2.27. The average Bonchev–Trinajstić information content (AvgIpc) is 2.71. The molecule has 0 aromatic heterocycles. The van der Waals surface area contributed by atoms with Crippen LogP contribution in [0.1, 0.15) is 5.56 Å². The van der Waals surface area contributed by atoms with Crippen LogP contribution < -0.4 is 5.32 Å². The van der Waals surface area contributed by atoms with Crippen LogP contribution in [0, 0.1) is 3.57 Å². The SMILES string of the molecule is O=C1Nc2c(Cl)cccc2C1=Nc1ccc(I)cc1.